The Bertz CT molecular complexity index is 354. The van der Waals surface area contributed by atoms with Crippen LogP contribution in [0.3, 0.4) is 0 Å². The second-order valence-corrected chi connectivity index (χ2v) is 8.17. The first kappa shape index (κ1) is 16.8. The second kappa shape index (κ2) is 8.78. The number of hydrogen-bond donors (Lipinski definition) is 2. The summed E-state index contributed by atoms with van der Waals surface area (Å²) in [6.45, 7) is 2.26. The van der Waals surface area contributed by atoms with E-state index in [2.05, 4.69) is 5.32 Å². The lowest BCUT2D eigenvalue weighted by atomic mass is 9.92. The number of carboxylic acid groups (broad SMARTS) is 1. The lowest BCUT2D eigenvalue weighted by molar-refractivity contribution is -0.137. The number of nitrogens with zero attached hydrogens (tertiary/aromatic N) is 1. The highest BCUT2D eigenvalue weighted by molar-refractivity contribution is 8.06. The minimum absolute atomic E-state index is 0.0443. The van der Waals surface area contributed by atoms with Crippen LogP contribution in [0.15, 0.2) is 0 Å². The van der Waals surface area contributed by atoms with Gasteiger partial charge in [0.15, 0.2) is 0 Å². The van der Waals surface area contributed by atoms with Gasteiger partial charge in [0, 0.05) is 48.6 Å². The van der Waals surface area contributed by atoms with Gasteiger partial charge in [-0.2, -0.15) is 23.5 Å². The van der Waals surface area contributed by atoms with Crippen LogP contribution in [0.2, 0.25) is 0 Å². The van der Waals surface area contributed by atoms with Gasteiger partial charge in [0.2, 0.25) is 0 Å². The van der Waals surface area contributed by atoms with Crippen LogP contribution in [0.25, 0.3) is 0 Å². The average molecular weight is 332 g/mol. The molecule has 7 heteroatoms. The van der Waals surface area contributed by atoms with Crippen LogP contribution in [0, 0.1) is 5.92 Å². The smallest absolute Gasteiger partial charge is 0.317 e. The van der Waals surface area contributed by atoms with Crippen LogP contribution in [-0.4, -0.2) is 64.1 Å². The summed E-state index contributed by atoms with van der Waals surface area (Å²) in [7, 11) is 0. The van der Waals surface area contributed by atoms with Crippen molar-refractivity contribution in [2.75, 3.05) is 36.9 Å². The van der Waals surface area contributed by atoms with Gasteiger partial charge >= 0.3 is 12.0 Å². The molecule has 2 saturated heterocycles. The summed E-state index contributed by atoms with van der Waals surface area (Å²) in [5.41, 5.74) is 0. The van der Waals surface area contributed by atoms with E-state index in [0.29, 0.717) is 11.2 Å². The van der Waals surface area contributed by atoms with Gasteiger partial charge in [-0.05, 0) is 25.2 Å². The number of nitrogens with one attached hydrogen (secondary N) is 1. The van der Waals surface area contributed by atoms with Gasteiger partial charge in [0.05, 0.1) is 0 Å². The van der Waals surface area contributed by atoms with Crippen LogP contribution in [0.5, 0.6) is 0 Å². The molecule has 2 amide bonds. The molecule has 2 fully saturated rings. The maximum Gasteiger partial charge on any atom is 0.317 e. The highest BCUT2D eigenvalue weighted by atomic mass is 32.2. The fourth-order valence-corrected chi connectivity index (χ4v) is 5.33. The fourth-order valence-electron chi connectivity index (χ4n) is 2.72. The quantitative estimate of drug-likeness (QED) is 0.807. The maximum absolute atomic E-state index is 12.1. The molecule has 0 spiro atoms. The lowest BCUT2D eigenvalue weighted by Crippen LogP contribution is -2.46. The van der Waals surface area contributed by atoms with Gasteiger partial charge in [-0.15, -0.1) is 0 Å². The zero-order chi connectivity index (χ0) is 15.1. The van der Waals surface area contributed by atoms with Gasteiger partial charge < -0.3 is 15.3 Å². The molecule has 21 heavy (non-hydrogen) atoms. The molecule has 2 aliphatic heterocycles. The number of amides is 2. The molecule has 1 unspecified atom stereocenters. The minimum Gasteiger partial charge on any atom is -0.481 e. The first-order valence-electron chi connectivity index (χ1n) is 7.59. The summed E-state index contributed by atoms with van der Waals surface area (Å²) < 4.78 is 0. The van der Waals surface area contributed by atoms with Crippen LogP contribution in [0.1, 0.15) is 25.7 Å². The standard InChI is InChI=1S/C14H24N2O3S2/c17-13(18)2-1-11-3-5-16(6-4-11)14(19)15-9-12-10-20-7-8-21-12/h11-12H,1-10H2,(H,15,19)(H,17,18). The van der Waals surface area contributed by atoms with Crippen molar-refractivity contribution in [3.05, 3.63) is 0 Å². The molecule has 0 saturated carbocycles. The molecule has 120 valence electrons. The first-order chi connectivity index (χ1) is 10.1. The molecule has 2 aliphatic rings. The number of likely N-dealkylation sites (tertiary alicyclic amines) is 1. The number of thioether (sulfide) groups is 2. The van der Waals surface area contributed by atoms with Gasteiger partial charge in [0.25, 0.3) is 0 Å². The van der Waals surface area contributed by atoms with Crippen molar-refractivity contribution in [1.29, 1.82) is 0 Å². The largest absolute Gasteiger partial charge is 0.481 e. The Morgan fingerprint density at radius 3 is 2.62 bits per heavy atom. The topological polar surface area (TPSA) is 69.6 Å². The predicted molar refractivity (Wildman–Crippen MR) is 88.1 cm³/mol. The molecule has 2 heterocycles. The number of hydrogen-bond acceptors (Lipinski definition) is 4. The average Bonchev–Trinajstić information content (AvgIpc) is 2.52. The monoisotopic (exact) mass is 332 g/mol. The molecule has 2 N–H and O–H groups in total. The molecule has 2 rings (SSSR count). The van der Waals surface area contributed by atoms with Crippen molar-refractivity contribution < 1.29 is 14.7 Å². The Hall–Kier alpha value is -0.560. The van der Waals surface area contributed by atoms with E-state index in [1.54, 1.807) is 0 Å². The van der Waals surface area contributed by atoms with E-state index in [0.717, 1.165) is 44.6 Å². The third-order valence-corrected chi connectivity index (χ3v) is 6.88. The Morgan fingerprint density at radius 2 is 2.00 bits per heavy atom. The van der Waals surface area contributed by atoms with E-state index in [1.807, 2.05) is 28.4 Å². The Morgan fingerprint density at radius 1 is 1.24 bits per heavy atom. The second-order valence-electron chi connectivity index (χ2n) is 5.62. The maximum atomic E-state index is 12.1. The van der Waals surface area contributed by atoms with E-state index < -0.39 is 5.97 Å². The number of carbonyl (C=O) groups is 2. The molecule has 0 aromatic carbocycles. The highest BCUT2D eigenvalue weighted by Gasteiger charge is 2.24. The van der Waals surface area contributed by atoms with E-state index >= 15 is 0 Å². The normalized spacial score (nSPS) is 23.8. The van der Waals surface area contributed by atoms with Crippen molar-refractivity contribution in [3.63, 3.8) is 0 Å². The molecule has 0 bridgehead atoms. The first-order valence-corrected chi connectivity index (χ1v) is 9.79. The lowest BCUT2D eigenvalue weighted by Gasteiger charge is -2.32. The van der Waals surface area contributed by atoms with E-state index in [-0.39, 0.29) is 12.5 Å². The predicted octanol–water partition coefficient (Wildman–Crippen LogP) is 2.12. The van der Waals surface area contributed by atoms with Gasteiger partial charge in [-0.1, -0.05) is 0 Å². The summed E-state index contributed by atoms with van der Waals surface area (Å²) in [6, 6.07) is 0.0443. The van der Waals surface area contributed by atoms with Crippen molar-refractivity contribution >= 4 is 35.5 Å². The fraction of sp³-hybridized carbons (Fsp3) is 0.857. The summed E-state index contributed by atoms with van der Waals surface area (Å²) in [5, 5.41) is 12.3. The van der Waals surface area contributed by atoms with Crippen molar-refractivity contribution in [1.82, 2.24) is 10.2 Å². The van der Waals surface area contributed by atoms with Gasteiger partial charge in [-0.25, -0.2) is 4.79 Å². The summed E-state index contributed by atoms with van der Waals surface area (Å²) in [5.74, 6) is 3.26. The molecule has 0 aromatic rings. The Labute approximate surface area is 134 Å². The molecule has 0 aliphatic carbocycles. The van der Waals surface area contributed by atoms with Crippen molar-refractivity contribution in [2.45, 2.75) is 30.9 Å². The van der Waals surface area contributed by atoms with Crippen molar-refractivity contribution in [3.8, 4) is 0 Å². The number of piperidine rings is 1. The van der Waals surface area contributed by atoms with Crippen LogP contribution in [0.4, 0.5) is 4.79 Å². The molecule has 5 nitrogen and oxygen atoms in total. The molecule has 0 aromatic heterocycles. The number of carbonyl (C=O) groups excluding carboxylic acids is 1. The Kier molecular flexibility index (Phi) is 7.03. The number of aliphatic carboxylic acids is 1. The van der Waals surface area contributed by atoms with Gasteiger partial charge in [0.1, 0.15) is 0 Å². The summed E-state index contributed by atoms with van der Waals surface area (Å²) >= 11 is 3.92. The van der Waals surface area contributed by atoms with Gasteiger partial charge in [-0.3, -0.25) is 4.79 Å². The van der Waals surface area contributed by atoms with Crippen LogP contribution >= 0.6 is 23.5 Å². The SMILES string of the molecule is O=C(O)CCC1CCN(C(=O)NCC2CSCCS2)CC1. The summed E-state index contributed by atoms with van der Waals surface area (Å²) in [4.78, 5) is 24.6. The highest BCUT2D eigenvalue weighted by Crippen LogP contribution is 2.24. The third kappa shape index (κ3) is 5.98. The number of carboxylic acids is 1. The third-order valence-electron chi connectivity index (χ3n) is 4.03. The zero-order valence-corrected chi connectivity index (χ0v) is 13.9. The molecule has 1 atom stereocenters. The Balaban J connectivity index is 1.62. The zero-order valence-electron chi connectivity index (χ0n) is 12.3. The molecular formula is C14H24N2O3S2. The van der Waals surface area contributed by atoms with Crippen LogP contribution in [-0.2, 0) is 4.79 Å². The molecular weight excluding hydrogens is 308 g/mol. The van der Waals surface area contributed by atoms with E-state index in [4.69, 9.17) is 5.11 Å². The number of rotatable bonds is 5. The molecule has 0 radical (unpaired) electrons. The number of urea groups is 1. The van der Waals surface area contributed by atoms with E-state index in [9.17, 15) is 9.59 Å². The van der Waals surface area contributed by atoms with Crippen LogP contribution < -0.4 is 5.32 Å². The minimum atomic E-state index is -0.724. The summed E-state index contributed by atoms with van der Waals surface area (Å²) in [6.07, 6.45) is 2.83. The van der Waals surface area contributed by atoms with Crippen molar-refractivity contribution in [2.24, 2.45) is 5.92 Å². The van der Waals surface area contributed by atoms with E-state index in [1.165, 1.54) is 11.5 Å².